The van der Waals surface area contributed by atoms with Gasteiger partial charge in [-0.05, 0) is 51.8 Å². The van der Waals surface area contributed by atoms with Crippen LogP contribution in [0.3, 0.4) is 0 Å². The van der Waals surface area contributed by atoms with Gasteiger partial charge < -0.3 is 9.73 Å². The average molecular weight is 271 g/mol. The fourth-order valence-corrected chi connectivity index (χ4v) is 2.40. The van der Waals surface area contributed by atoms with E-state index in [-0.39, 0.29) is 0 Å². The van der Waals surface area contributed by atoms with Crippen LogP contribution >= 0.6 is 0 Å². The molecule has 4 heteroatoms. The number of aryl methyl sites for hydroxylation is 3. The molecule has 1 heterocycles. The molecule has 0 unspecified atom stereocenters. The fraction of sp³-hybridized carbons (Fsp3) is 0.500. The van der Waals surface area contributed by atoms with Crippen molar-refractivity contribution in [2.75, 3.05) is 6.54 Å². The van der Waals surface area contributed by atoms with Gasteiger partial charge in [0.2, 0.25) is 11.8 Å². The summed E-state index contributed by atoms with van der Waals surface area (Å²) in [7, 11) is 0. The Bertz CT molecular complexity index is 567. The number of rotatable bonds is 6. The minimum atomic E-state index is 0.627. The summed E-state index contributed by atoms with van der Waals surface area (Å²) in [4.78, 5) is 0. The Morgan fingerprint density at radius 3 is 2.60 bits per heavy atom. The maximum atomic E-state index is 5.75. The van der Waals surface area contributed by atoms with Gasteiger partial charge >= 0.3 is 0 Å². The highest BCUT2D eigenvalue weighted by molar-refractivity contribution is 5.55. The second kappa shape index (κ2) is 5.75. The molecular formula is C16H21N3O. The number of aromatic nitrogens is 2. The minimum Gasteiger partial charge on any atom is -0.421 e. The van der Waals surface area contributed by atoms with E-state index in [0.29, 0.717) is 5.89 Å². The molecule has 1 N–H and O–H groups in total. The lowest BCUT2D eigenvalue weighted by Crippen LogP contribution is -2.17. The second-order valence-corrected chi connectivity index (χ2v) is 5.71. The zero-order chi connectivity index (χ0) is 13.9. The molecule has 3 rings (SSSR count). The van der Waals surface area contributed by atoms with Crippen molar-refractivity contribution < 1.29 is 4.42 Å². The van der Waals surface area contributed by atoms with E-state index in [1.54, 1.807) is 0 Å². The molecule has 0 saturated heterocycles. The van der Waals surface area contributed by atoms with Crippen LogP contribution in [0.5, 0.6) is 0 Å². The molecule has 1 aromatic carbocycles. The van der Waals surface area contributed by atoms with Crippen molar-refractivity contribution in [3.8, 4) is 11.5 Å². The second-order valence-electron chi connectivity index (χ2n) is 5.71. The van der Waals surface area contributed by atoms with Gasteiger partial charge in [0, 0.05) is 18.0 Å². The van der Waals surface area contributed by atoms with Gasteiger partial charge in [0.1, 0.15) is 0 Å². The van der Waals surface area contributed by atoms with Crippen molar-refractivity contribution in [2.24, 2.45) is 0 Å². The molecule has 0 spiro atoms. The zero-order valence-electron chi connectivity index (χ0n) is 12.1. The fourth-order valence-electron chi connectivity index (χ4n) is 2.40. The van der Waals surface area contributed by atoms with E-state index in [0.717, 1.165) is 36.9 Å². The normalized spacial score (nSPS) is 14.7. The summed E-state index contributed by atoms with van der Waals surface area (Å²) < 4.78 is 5.75. The first-order chi connectivity index (χ1) is 9.70. The lowest BCUT2D eigenvalue weighted by Gasteiger charge is -2.00. The standard InChI is InChI=1S/C16H21N3O/c1-11-8-12(2)10-13(9-11)16-19-18-15(20-16)4-3-7-17-14-5-6-14/h8-10,14,17H,3-7H2,1-2H3. The van der Waals surface area contributed by atoms with Crippen LogP contribution in [0.4, 0.5) is 0 Å². The molecule has 4 nitrogen and oxygen atoms in total. The largest absolute Gasteiger partial charge is 0.421 e. The van der Waals surface area contributed by atoms with Gasteiger partial charge in [0.25, 0.3) is 0 Å². The Morgan fingerprint density at radius 1 is 1.15 bits per heavy atom. The molecule has 1 saturated carbocycles. The van der Waals surface area contributed by atoms with Crippen molar-refractivity contribution in [2.45, 2.75) is 45.6 Å². The first-order valence-corrected chi connectivity index (χ1v) is 7.35. The first-order valence-electron chi connectivity index (χ1n) is 7.35. The monoisotopic (exact) mass is 271 g/mol. The first kappa shape index (κ1) is 13.3. The average Bonchev–Trinajstić information content (AvgIpc) is 3.10. The summed E-state index contributed by atoms with van der Waals surface area (Å²) in [5, 5.41) is 11.8. The quantitative estimate of drug-likeness (QED) is 0.820. The highest BCUT2D eigenvalue weighted by atomic mass is 16.4. The zero-order valence-corrected chi connectivity index (χ0v) is 12.1. The van der Waals surface area contributed by atoms with Gasteiger partial charge in [-0.3, -0.25) is 0 Å². The van der Waals surface area contributed by atoms with Crippen molar-refractivity contribution in [3.05, 3.63) is 35.2 Å². The Morgan fingerprint density at radius 2 is 1.90 bits per heavy atom. The molecule has 0 atom stereocenters. The van der Waals surface area contributed by atoms with Gasteiger partial charge in [0.05, 0.1) is 0 Å². The van der Waals surface area contributed by atoms with Crippen LogP contribution < -0.4 is 5.32 Å². The third kappa shape index (κ3) is 3.45. The highest BCUT2D eigenvalue weighted by Gasteiger charge is 2.19. The number of nitrogens with one attached hydrogen (secondary N) is 1. The van der Waals surface area contributed by atoms with E-state index in [9.17, 15) is 0 Å². The lowest BCUT2D eigenvalue weighted by atomic mass is 10.1. The van der Waals surface area contributed by atoms with Crippen LogP contribution in [-0.2, 0) is 6.42 Å². The molecule has 0 bridgehead atoms. The Balaban J connectivity index is 1.60. The molecule has 0 aliphatic heterocycles. The number of benzene rings is 1. The van der Waals surface area contributed by atoms with E-state index in [2.05, 4.69) is 47.6 Å². The predicted molar refractivity (Wildman–Crippen MR) is 78.6 cm³/mol. The lowest BCUT2D eigenvalue weighted by molar-refractivity contribution is 0.491. The molecule has 2 aromatic rings. The van der Waals surface area contributed by atoms with Crippen molar-refractivity contribution >= 4 is 0 Å². The maximum absolute atomic E-state index is 5.75. The van der Waals surface area contributed by atoms with Crippen LogP contribution in [0, 0.1) is 13.8 Å². The highest BCUT2D eigenvalue weighted by Crippen LogP contribution is 2.21. The van der Waals surface area contributed by atoms with Crippen LogP contribution in [0.15, 0.2) is 22.6 Å². The van der Waals surface area contributed by atoms with Gasteiger partial charge in [-0.25, -0.2) is 0 Å². The summed E-state index contributed by atoms with van der Waals surface area (Å²) >= 11 is 0. The molecule has 0 amide bonds. The van der Waals surface area contributed by atoms with Gasteiger partial charge in [-0.2, -0.15) is 0 Å². The summed E-state index contributed by atoms with van der Waals surface area (Å²) in [5.74, 6) is 1.36. The summed E-state index contributed by atoms with van der Waals surface area (Å²) in [6, 6.07) is 7.07. The molecule has 1 fully saturated rings. The van der Waals surface area contributed by atoms with E-state index in [1.165, 1.54) is 24.0 Å². The van der Waals surface area contributed by atoms with E-state index in [1.807, 2.05) is 0 Å². The van der Waals surface area contributed by atoms with E-state index < -0.39 is 0 Å². The van der Waals surface area contributed by atoms with Crippen LogP contribution in [-0.4, -0.2) is 22.8 Å². The van der Waals surface area contributed by atoms with Gasteiger partial charge in [0.15, 0.2) is 0 Å². The molecule has 0 radical (unpaired) electrons. The Labute approximate surface area is 119 Å². The third-order valence-electron chi connectivity index (χ3n) is 3.51. The van der Waals surface area contributed by atoms with Crippen LogP contribution in [0.25, 0.3) is 11.5 Å². The summed E-state index contributed by atoms with van der Waals surface area (Å²) in [6.07, 6.45) is 4.55. The molecule has 106 valence electrons. The van der Waals surface area contributed by atoms with E-state index >= 15 is 0 Å². The van der Waals surface area contributed by atoms with Crippen molar-refractivity contribution in [3.63, 3.8) is 0 Å². The Kier molecular flexibility index (Phi) is 3.83. The number of nitrogens with zero attached hydrogens (tertiary/aromatic N) is 2. The number of hydrogen-bond donors (Lipinski definition) is 1. The minimum absolute atomic E-state index is 0.627. The van der Waals surface area contributed by atoms with Crippen molar-refractivity contribution in [1.82, 2.24) is 15.5 Å². The van der Waals surface area contributed by atoms with Gasteiger partial charge in [-0.1, -0.05) is 17.2 Å². The molecule has 20 heavy (non-hydrogen) atoms. The predicted octanol–water partition coefficient (Wildman–Crippen LogP) is 3.04. The maximum Gasteiger partial charge on any atom is 0.247 e. The molecular weight excluding hydrogens is 250 g/mol. The molecule has 1 aromatic heterocycles. The number of hydrogen-bond acceptors (Lipinski definition) is 4. The topological polar surface area (TPSA) is 51.0 Å². The molecule has 1 aliphatic rings. The molecule has 1 aliphatic carbocycles. The summed E-state index contributed by atoms with van der Waals surface area (Å²) in [5.41, 5.74) is 3.44. The van der Waals surface area contributed by atoms with Gasteiger partial charge in [-0.15, -0.1) is 10.2 Å². The van der Waals surface area contributed by atoms with Crippen molar-refractivity contribution in [1.29, 1.82) is 0 Å². The third-order valence-corrected chi connectivity index (χ3v) is 3.51. The smallest absolute Gasteiger partial charge is 0.247 e. The SMILES string of the molecule is Cc1cc(C)cc(-c2nnc(CCCNC3CC3)o2)c1. The Hall–Kier alpha value is -1.68. The van der Waals surface area contributed by atoms with Crippen LogP contribution in [0.1, 0.15) is 36.3 Å². The summed E-state index contributed by atoms with van der Waals surface area (Å²) in [6.45, 7) is 5.20. The van der Waals surface area contributed by atoms with E-state index in [4.69, 9.17) is 4.42 Å². The van der Waals surface area contributed by atoms with Crippen LogP contribution in [0.2, 0.25) is 0 Å².